The molecule has 1 fully saturated rings. The first-order chi connectivity index (χ1) is 14.9. The lowest BCUT2D eigenvalue weighted by Crippen LogP contribution is -2.45. The molecular weight excluding hydrogens is 397 g/mol. The number of aromatic nitrogens is 2. The van der Waals surface area contributed by atoms with Crippen LogP contribution in [0, 0.1) is 5.82 Å². The third-order valence-corrected chi connectivity index (χ3v) is 5.73. The Morgan fingerprint density at radius 1 is 1.16 bits per heavy atom. The van der Waals surface area contributed by atoms with Crippen LogP contribution in [0.5, 0.6) is 0 Å². The number of nitrogens with one attached hydrogen (secondary N) is 1. The van der Waals surface area contributed by atoms with Crippen molar-refractivity contribution in [3.05, 3.63) is 70.3 Å². The van der Waals surface area contributed by atoms with Crippen molar-refractivity contribution in [2.24, 2.45) is 0 Å². The minimum absolute atomic E-state index is 0.0374. The van der Waals surface area contributed by atoms with Gasteiger partial charge in [0.25, 0.3) is 0 Å². The Bertz CT molecular complexity index is 1150. The fourth-order valence-electron chi connectivity index (χ4n) is 4.00. The zero-order chi connectivity index (χ0) is 22.0. The highest BCUT2D eigenvalue weighted by molar-refractivity contribution is 5.81. The highest BCUT2D eigenvalue weighted by atomic mass is 19.1. The van der Waals surface area contributed by atoms with Crippen LogP contribution >= 0.6 is 0 Å². The second-order valence-corrected chi connectivity index (χ2v) is 7.97. The van der Waals surface area contributed by atoms with E-state index in [4.69, 9.17) is 0 Å². The number of likely N-dealkylation sites (N-methyl/N-ethyl adjacent to an activating group) is 1. The largest absolute Gasteiger partial charge is 0.369 e. The molecule has 0 bridgehead atoms. The van der Waals surface area contributed by atoms with Gasteiger partial charge in [0.05, 0.1) is 17.8 Å². The molecule has 7 nitrogen and oxygen atoms in total. The lowest BCUT2D eigenvalue weighted by molar-refractivity contribution is -0.122. The van der Waals surface area contributed by atoms with Gasteiger partial charge in [-0.3, -0.25) is 14.3 Å². The van der Waals surface area contributed by atoms with E-state index in [1.54, 1.807) is 30.3 Å². The Balaban J connectivity index is 1.53. The molecule has 4 rings (SSSR count). The van der Waals surface area contributed by atoms with Crippen molar-refractivity contribution in [2.75, 3.05) is 38.1 Å². The van der Waals surface area contributed by atoms with E-state index in [1.165, 1.54) is 23.0 Å². The van der Waals surface area contributed by atoms with Gasteiger partial charge in [-0.15, -0.1) is 0 Å². The monoisotopic (exact) mass is 423 g/mol. The normalized spacial score (nSPS) is 15.8. The van der Waals surface area contributed by atoms with E-state index in [9.17, 15) is 14.0 Å². The van der Waals surface area contributed by atoms with Crippen molar-refractivity contribution < 1.29 is 9.18 Å². The van der Waals surface area contributed by atoms with Gasteiger partial charge in [-0.2, -0.15) is 5.10 Å². The number of para-hydroxylation sites is 1. The van der Waals surface area contributed by atoms with Crippen LogP contribution in [0.1, 0.15) is 18.5 Å². The Morgan fingerprint density at radius 2 is 1.90 bits per heavy atom. The highest BCUT2D eigenvalue weighted by Crippen LogP contribution is 2.28. The Labute approximate surface area is 180 Å². The van der Waals surface area contributed by atoms with E-state index in [1.807, 2.05) is 6.92 Å². The number of rotatable bonds is 5. The summed E-state index contributed by atoms with van der Waals surface area (Å²) in [5, 5.41) is 7.58. The van der Waals surface area contributed by atoms with Gasteiger partial charge >= 0.3 is 0 Å². The summed E-state index contributed by atoms with van der Waals surface area (Å²) in [7, 11) is 2.08. The van der Waals surface area contributed by atoms with Gasteiger partial charge in [-0.1, -0.05) is 12.1 Å². The van der Waals surface area contributed by atoms with E-state index in [2.05, 4.69) is 27.3 Å². The van der Waals surface area contributed by atoms with Crippen LogP contribution in [0.15, 0.2) is 53.5 Å². The zero-order valence-corrected chi connectivity index (χ0v) is 17.7. The molecule has 31 heavy (non-hydrogen) atoms. The van der Waals surface area contributed by atoms with Gasteiger partial charge in [0, 0.05) is 42.8 Å². The quantitative estimate of drug-likeness (QED) is 0.681. The highest BCUT2D eigenvalue weighted by Gasteiger charge is 2.21. The van der Waals surface area contributed by atoms with Crippen LogP contribution in [0.4, 0.5) is 10.1 Å². The Hall–Kier alpha value is -3.26. The molecule has 1 unspecified atom stereocenters. The molecule has 1 atom stereocenters. The molecule has 3 aromatic rings. The summed E-state index contributed by atoms with van der Waals surface area (Å²) in [6, 6.07) is 11.4. The van der Waals surface area contributed by atoms with Gasteiger partial charge in [-0.05, 0) is 44.3 Å². The summed E-state index contributed by atoms with van der Waals surface area (Å²) in [4.78, 5) is 29.3. The van der Waals surface area contributed by atoms with E-state index in [0.717, 1.165) is 37.4 Å². The number of hydrogen-bond acceptors (Lipinski definition) is 5. The predicted molar refractivity (Wildman–Crippen MR) is 119 cm³/mol. The molecule has 0 radical (unpaired) electrons. The van der Waals surface area contributed by atoms with Crippen molar-refractivity contribution in [2.45, 2.75) is 19.5 Å². The molecule has 0 saturated carbocycles. The van der Waals surface area contributed by atoms with Gasteiger partial charge in [0.2, 0.25) is 11.3 Å². The van der Waals surface area contributed by atoms with Crippen molar-refractivity contribution in [1.29, 1.82) is 0 Å². The molecule has 2 heterocycles. The SMILES string of the molecule is CC(NC(=O)Cn1ncc(=O)c2ccccc21)c1cc(F)ccc1N1CCN(C)CC1. The van der Waals surface area contributed by atoms with Crippen molar-refractivity contribution in [3.63, 3.8) is 0 Å². The minimum Gasteiger partial charge on any atom is -0.369 e. The van der Waals surface area contributed by atoms with Gasteiger partial charge in [0.1, 0.15) is 12.4 Å². The molecule has 1 aliphatic rings. The smallest absolute Gasteiger partial charge is 0.242 e. The second kappa shape index (κ2) is 8.85. The first-order valence-electron chi connectivity index (χ1n) is 10.4. The number of halogens is 1. The molecule has 0 aliphatic carbocycles. The summed E-state index contributed by atoms with van der Waals surface area (Å²) in [6.07, 6.45) is 1.22. The number of hydrogen-bond donors (Lipinski definition) is 1. The molecule has 1 amide bonds. The first-order valence-corrected chi connectivity index (χ1v) is 10.4. The molecule has 1 aromatic heterocycles. The third kappa shape index (κ3) is 4.59. The Morgan fingerprint density at radius 3 is 2.68 bits per heavy atom. The number of piperazine rings is 1. The molecule has 1 N–H and O–H groups in total. The average Bonchev–Trinajstić information content (AvgIpc) is 2.76. The van der Waals surface area contributed by atoms with Gasteiger partial charge in [-0.25, -0.2) is 4.39 Å². The summed E-state index contributed by atoms with van der Waals surface area (Å²) < 4.78 is 15.6. The molecule has 2 aromatic carbocycles. The zero-order valence-electron chi connectivity index (χ0n) is 17.7. The summed E-state index contributed by atoms with van der Waals surface area (Å²) >= 11 is 0. The standard InChI is InChI=1S/C23H26FN5O2/c1-16(19-13-17(24)7-8-20(19)28-11-9-27(2)10-12-28)26-23(31)15-29-21-6-4-3-5-18(21)22(30)14-25-29/h3-8,13-14,16H,9-12,15H2,1-2H3,(H,26,31). The second-order valence-electron chi connectivity index (χ2n) is 7.97. The maximum absolute atomic E-state index is 14.1. The molecular formula is C23H26FN5O2. The van der Waals surface area contributed by atoms with E-state index in [-0.39, 0.29) is 29.7 Å². The minimum atomic E-state index is -0.386. The maximum Gasteiger partial charge on any atom is 0.242 e. The lowest BCUT2D eigenvalue weighted by Gasteiger charge is -2.36. The lowest BCUT2D eigenvalue weighted by atomic mass is 10.0. The number of carbonyl (C=O) groups is 1. The average molecular weight is 423 g/mol. The number of nitrogens with zero attached hydrogens (tertiary/aromatic N) is 4. The predicted octanol–water partition coefficient (Wildman–Crippen LogP) is 2.16. The molecule has 1 saturated heterocycles. The van der Waals surface area contributed by atoms with Crippen LogP contribution in [-0.2, 0) is 11.3 Å². The first kappa shape index (κ1) is 21.0. The van der Waals surface area contributed by atoms with Crippen LogP contribution in [0.3, 0.4) is 0 Å². The topological polar surface area (TPSA) is 70.5 Å². The fourth-order valence-corrected chi connectivity index (χ4v) is 4.00. The van der Waals surface area contributed by atoms with Gasteiger partial charge in [0.15, 0.2) is 0 Å². The van der Waals surface area contributed by atoms with E-state index >= 15 is 0 Å². The summed E-state index contributed by atoms with van der Waals surface area (Å²) in [5.74, 6) is -0.593. The molecule has 8 heteroatoms. The van der Waals surface area contributed by atoms with E-state index in [0.29, 0.717) is 10.9 Å². The van der Waals surface area contributed by atoms with E-state index < -0.39 is 0 Å². The fraction of sp³-hybridized carbons (Fsp3) is 0.348. The third-order valence-electron chi connectivity index (χ3n) is 5.73. The molecule has 0 spiro atoms. The van der Waals surface area contributed by atoms with Crippen LogP contribution < -0.4 is 15.6 Å². The number of amides is 1. The Kier molecular flexibility index (Phi) is 5.99. The molecule has 162 valence electrons. The molecule has 1 aliphatic heterocycles. The van der Waals surface area contributed by atoms with Crippen molar-refractivity contribution >= 4 is 22.5 Å². The van der Waals surface area contributed by atoms with Crippen molar-refractivity contribution in [3.8, 4) is 0 Å². The number of anilines is 1. The number of carbonyl (C=O) groups excluding carboxylic acids is 1. The number of fused-ring (bicyclic) bond motifs is 1. The summed E-state index contributed by atoms with van der Waals surface area (Å²) in [6.45, 7) is 5.38. The van der Waals surface area contributed by atoms with Crippen LogP contribution in [0.25, 0.3) is 10.9 Å². The maximum atomic E-state index is 14.1. The van der Waals surface area contributed by atoms with Crippen LogP contribution in [0.2, 0.25) is 0 Å². The van der Waals surface area contributed by atoms with Gasteiger partial charge < -0.3 is 15.1 Å². The number of benzene rings is 2. The van der Waals surface area contributed by atoms with Crippen molar-refractivity contribution in [1.82, 2.24) is 20.0 Å². The van der Waals surface area contributed by atoms with Crippen LogP contribution in [-0.4, -0.2) is 53.8 Å². The summed E-state index contributed by atoms with van der Waals surface area (Å²) in [5.41, 5.74) is 2.10.